The molecule has 2 fully saturated rings. The van der Waals surface area contributed by atoms with E-state index >= 15 is 0 Å². The van der Waals surface area contributed by atoms with Gasteiger partial charge in [-0.05, 0) is 38.7 Å². The van der Waals surface area contributed by atoms with Gasteiger partial charge in [0.05, 0.1) is 6.61 Å². The van der Waals surface area contributed by atoms with Crippen LogP contribution in [-0.4, -0.2) is 66.3 Å². The molecule has 0 bridgehead atoms. The first-order chi connectivity index (χ1) is 12.2. The molecule has 0 N–H and O–H groups in total. The standard InChI is InChI=1S/C18H29N5O2/c1-3-15-7-5-6-10-23(15)16-8-9-19-17(20-16)21-11-13-22(14-12-21)18(24)25-4-2/h8-9,15H,3-7,10-14H2,1-2H3. The van der Waals surface area contributed by atoms with E-state index in [9.17, 15) is 4.79 Å². The molecule has 25 heavy (non-hydrogen) atoms. The van der Waals surface area contributed by atoms with Crippen molar-refractivity contribution in [3.63, 3.8) is 0 Å². The Balaban J connectivity index is 1.65. The van der Waals surface area contributed by atoms with Crippen LogP contribution in [0.25, 0.3) is 0 Å². The number of ether oxygens (including phenoxy) is 1. The molecular weight excluding hydrogens is 318 g/mol. The molecule has 0 spiro atoms. The SMILES string of the molecule is CCOC(=O)N1CCN(c2nccc(N3CCCCC3CC)n2)CC1. The second-order valence-corrected chi connectivity index (χ2v) is 6.64. The normalized spacial score (nSPS) is 21.4. The fourth-order valence-corrected chi connectivity index (χ4v) is 3.68. The van der Waals surface area contributed by atoms with Crippen LogP contribution in [0.4, 0.5) is 16.6 Å². The lowest BCUT2D eigenvalue weighted by molar-refractivity contribution is 0.105. The molecule has 0 aromatic carbocycles. The number of aromatic nitrogens is 2. The molecule has 1 aromatic rings. The Morgan fingerprint density at radius 3 is 2.72 bits per heavy atom. The first-order valence-electron chi connectivity index (χ1n) is 9.49. The largest absolute Gasteiger partial charge is 0.450 e. The number of piperidine rings is 1. The van der Waals surface area contributed by atoms with Crippen LogP contribution in [0.1, 0.15) is 39.5 Å². The fraction of sp³-hybridized carbons (Fsp3) is 0.722. The number of nitrogens with zero attached hydrogens (tertiary/aromatic N) is 5. The van der Waals surface area contributed by atoms with E-state index in [1.807, 2.05) is 19.2 Å². The molecule has 0 saturated carbocycles. The second-order valence-electron chi connectivity index (χ2n) is 6.64. The monoisotopic (exact) mass is 347 g/mol. The van der Waals surface area contributed by atoms with Gasteiger partial charge in [0.15, 0.2) is 0 Å². The zero-order chi connectivity index (χ0) is 17.6. The molecule has 3 rings (SSSR count). The van der Waals surface area contributed by atoms with E-state index in [4.69, 9.17) is 9.72 Å². The number of anilines is 2. The van der Waals surface area contributed by atoms with Crippen molar-refractivity contribution in [1.82, 2.24) is 14.9 Å². The summed E-state index contributed by atoms with van der Waals surface area (Å²) >= 11 is 0. The molecule has 1 amide bonds. The summed E-state index contributed by atoms with van der Waals surface area (Å²) in [6.45, 7) is 8.34. The first-order valence-corrected chi connectivity index (χ1v) is 9.49. The Hall–Kier alpha value is -2.05. The van der Waals surface area contributed by atoms with E-state index in [2.05, 4.69) is 21.7 Å². The maximum Gasteiger partial charge on any atom is 0.409 e. The summed E-state index contributed by atoms with van der Waals surface area (Å²) in [5.74, 6) is 1.80. The maximum absolute atomic E-state index is 11.8. The van der Waals surface area contributed by atoms with Crippen molar-refractivity contribution >= 4 is 17.9 Å². The molecule has 7 nitrogen and oxygen atoms in total. The lowest BCUT2D eigenvalue weighted by Gasteiger charge is -2.37. The second kappa shape index (κ2) is 8.36. The Kier molecular flexibility index (Phi) is 5.94. The molecule has 0 aliphatic carbocycles. The van der Waals surface area contributed by atoms with Crippen LogP contribution >= 0.6 is 0 Å². The molecule has 2 aliphatic heterocycles. The third-order valence-electron chi connectivity index (χ3n) is 5.11. The van der Waals surface area contributed by atoms with Crippen molar-refractivity contribution in [1.29, 1.82) is 0 Å². The number of hydrogen-bond acceptors (Lipinski definition) is 6. The minimum absolute atomic E-state index is 0.226. The Morgan fingerprint density at radius 2 is 2.00 bits per heavy atom. The zero-order valence-electron chi connectivity index (χ0n) is 15.4. The lowest BCUT2D eigenvalue weighted by atomic mass is 10.0. The summed E-state index contributed by atoms with van der Waals surface area (Å²) in [6, 6.07) is 2.60. The quantitative estimate of drug-likeness (QED) is 0.834. The van der Waals surface area contributed by atoms with Gasteiger partial charge in [0.2, 0.25) is 5.95 Å². The smallest absolute Gasteiger partial charge is 0.409 e. The van der Waals surface area contributed by atoms with Crippen molar-refractivity contribution in [2.75, 3.05) is 49.1 Å². The van der Waals surface area contributed by atoms with E-state index in [0.29, 0.717) is 25.7 Å². The van der Waals surface area contributed by atoms with Gasteiger partial charge in [-0.2, -0.15) is 4.98 Å². The van der Waals surface area contributed by atoms with Gasteiger partial charge in [0.25, 0.3) is 0 Å². The molecule has 2 aliphatic rings. The number of piperazine rings is 1. The van der Waals surface area contributed by atoms with Crippen molar-refractivity contribution in [2.45, 2.75) is 45.6 Å². The van der Waals surface area contributed by atoms with Crippen molar-refractivity contribution in [2.24, 2.45) is 0 Å². The molecule has 1 unspecified atom stereocenters. The predicted molar refractivity (Wildman–Crippen MR) is 98.1 cm³/mol. The van der Waals surface area contributed by atoms with Gasteiger partial charge >= 0.3 is 6.09 Å². The summed E-state index contributed by atoms with van der Waals surface area (Å²) in [7, 11) is 0. The molecule has 0 radical (unpaired) electrons. The topological polar surface area (TPSA) is 61.8 Å². The van der Waals surface area contributed by atoms with Crippen LogP contribution in [0.15, 0.2) is 12.3 Å². The molecule has 1 atom stereocenters. The van der Waals surface area contributed by atoms with Crippen LogP contribution < -0.4 is 9.80 Å². The molecule has 7 heteroatoms. The molecule has 2 saturated heterocycles. The highest BCUT2D eigenvalue weighted by atomic mass is 16.6. The molecule has 1 aromatic heterocycles. The predicted octanol–water partition coefficient (Wildman–Crippen LogP) is 2.52. The summed E-state index contributed by atoms with van der Waals surface area (Å²) < 4.78 is 5.08. The molecule has 138 valence electrons. The van der Waals surface area contributed by atoms with Crippen LogP contribution in [-0.2, 0) is 4.74 Å². The summed E-state index contributed by atoms with van der Waals surface area (Å²) in [5.41, 5.74) is 0. The fourth-order valence-electron chi connectivity index (χ4n) is 3.68. The van der Waals surface area contributed by atoms with E-state index in [1.54, 1.807) is 4.90 Å². The third kappa shape index (κ3) is 4.14. The molecule has 3 heterocycles. The van der Waals surface area contributed by atoms with Gasteiger partial charge in [-0.15, -0.1) is 0 Å². The first kappa shape index (κ1) is 17.8. The number of amides is 1. The zero-order valence-corrected chi connectivity index (χ0v) is 15.4. The van der Waals surface area contributed by atoms with Gasteiger partial charge in [-0.1, -0.05) is 6.92 Å². The Morgan fingerprint density at radius 1 is 1.20 bits per heavy atom. The minimum atomic E-state index is -0.226. The van der Waals surface area contributed by atoms with E-state index in [0.717, 1.165) is 37.8 Å². The average Bonchev–Trinajstić information content (AvgIpc) is 2.68. The van der Waals surface area contributed by atoms with Gasteiger partial charge in [-0.3, -0.25) is 0 Å². The highest BCUT2D eigenvalue weighted by molar-refractivity contribution is 5.68. The van der Waals surface area contributed by atoms with Gasteiger partial charge in [0.1, 0.15) is 5.82 Å². The van der Waals surface area contributed by atoms with E-state index in [1.165, 1.54) is 19.3 Å². The highest BCUT2D eigenvalue weighted by Crippen LogP contribution is 2.26. The number of hydrogen-bond donors (Lipinski definition) is 0. The van der Waals surface area contributed by atoms with Crippen LogP contribution in [0.2, 0.25) is 0 Å². The molecular formula is C18H29N5O2. The van der Waals surface area contributed by atoms with E-state index in [-0.39, 0.29) is 6.09 Å². The van der Waals surface area contributed by atoms with Crippen LogP contribution in [0.5, 0.6) is 0 Å². The number of rotatable bonds is 4. The van der Waals surface area contributed by atoms with Gasteiger partial charge < -0.3 is 19.4 Å². The van der Waals surface area contributed by atoms with Gasteiger partial charge in [0, 0.05) is 45.0 Å². The summed E-state index contributed by atoms with van der Waals surface area (Å²) in [6.07, 6.45) is 6.56. The van der Waals surface area contributed by atoms with Crippen LogP contribution in [0, 0.1) is 0 Å². The summed E-state index contributed by atoms with van der Waals surface area (Å²) in [4.78, 5) is 27.5. The third-order valence-corrected chi connectivity index (χ3v) is 5.11. The van der Waals surface area contributed by atoms with E-state index < -0.39 is 0 Å². The van der Waals surface area contributed by atoms with Crippen molar-refractivity contribution in [3.05, 3.63) is 12.3 Å². The lowest BCUT2D eigenvalue weighted by Crippen LogP contribution is -2.49. The Bertz CT molecular complexity index is 574. The minimum Gasteiger partial charge on any atom is -0.450 e. The average molecular weight is 347 g/mol. The van der Waals surface area contributed by atoms with Crippen molar-refractivity contribution < 1.29 is 9.53 Å². The highest BCUT2D eigenvalue weighted by Gasteiger charge is 2.25. The van der Waals surface area contributed by atoms with Crippen molar-refractivity contribution in [3.8, 4) is 0 Å². The number of carbonyl (C=O) groups excluding carboxylic acids is 1. The maximum atomic E-state index is 11.8. The number of carbonyl (C=O) groups is 1. The van der Waals surface area contributed by atoms with Crippen LogP contribution in [0.3, 0.4) is 0 Å². The summed E-state index contributed by atoms with van der Waals surface area (Å²) in [5, 5.41) is 0. The van der Waals surface area contributed by atoms with Gasteiger partial charge in [-0.25, -0.2) is 9.78 Å². The Labute approximate surface area is 150 Å².